The summed E-state index contributed by atoms with van der Waals surface area (Å²) in [7, 11) is -3.16. The maximum Gasteiger partial charge on any atom is 0.213 e. The number of sulfonamides is 1. The van der Waals surface area contributed by atoms with E-state index in [1.807, 2.05) is 0 Å². The number of nitrogens with one attached hydrogen (secondary N) is 1. The van der Waals surface area contributed by atoms with E-state index in [-0.39, 0.29) is 0 Å². The van der Waals surface area contributed by atoms with Crippen LogP contribution in [0, 0.1) is 0 Å². The van der Waals surface area contributed by atoms with E-state index in [4.69, 9.17) is 0 Å². The number of nitrogens with zero attached hydrogens (tertiary/aromatic N) is 3. The van der Waals surface area contributed by atoms with E-state index in [1.165, 1.54) is 6.33 Å². The molecule has 0 aromatic carbocycles. The molecule has 0 spiro atoms. The van der Waals surface area contributed by atoms with Crippen molar-refractivity contribution in [3.8, 4) is 0 Å². The Hall–Kier alpha value is -0.950. The van der Waals surface area contributed by atoms with E-state index < -0.39 is 15.3 Å². The van der Waals surface area contributed by atoms with Gasteiger partial charge in [0.1, 0.15) is 12.7 Å². The lowest BCUT2D eigenvalue weighted by Crippen LogP contribution is -2.33. The molecule has 0 aliphatic rings. The van der Waals surface area contributed by atoms with Gasteiger partial charge in [0.25, 0.3) is 0 Å². The van der Waals surface area contributed by atoms with Crippen LogP contribution in [0.25, 0.3) is 0 Å². The van der Waals surface area contributed by atoms with Crippen molar-refractivity contribution in [1.29, 1.82) is 0 Å². The van der Waals surface area contributed by atoms with E-state index in [9.17, 15) is 8.42 Å². The molecule has 0 fully saturated rings. The summed E-state index contributed by atoms with van der Waals surface area (Å²) in [5, 5.41) is 3.45. The zero-order valence-corrected chi connectivity index (χ0v) is 9.03. The van der Waals surface area contributed by atoms with Gasteiger partial charge < -0.3 is 0 Å². The fraction of sp³-hybridized carbons (Fsp3) is 0.714. The predicted molar refractivity (Wildman–Crippen MR) is 52.1 cm³/mol. The molecule has 1 rings (SSSR count). The summed E-state index contributed by atoms with van der Waals surface area (Å²) in [6.45, 7) is 4.10. The monoisotopic (exact) mass is 218 g/mol. The third-order valence-corrected chi connectivity index (χ3v) is 3.58. The first-order valence-corrected chi connectivity index (χ1v) is 5.88. The third-order valence-electron chi connectivity index (χ3n) is 1.73. The van der Waals surface area contributed by atoms with Crippen molar-refractivity contribution < 1.29 is 8.42 Å². The summed E-state index contributed by atoms with van der Waals surface area (Å²) < 4.78 is 26.7. The van der Waals surface area contributed by atoms with Crippen molar-refractivity contribution >= 4 is 10.0 Å². The van der Waals surface area contributed by atoms with E-state index in [2.05, 4.69) is 14.8 Å². The van der Waals surface area contributed by atoms with Crippen LogP contribution >= 0.6 is 0 Å². The van der Waals surface area contributed by atoms with Crippen LogP contribution in [0.5, 0.6) is 0 Å². The van der Waals surface area contributed by atoms with Crippen molar-refractivity contribution in [2.75, 3.05) is 6.54 Å². The van der Waals surface area contributed by atoms with Gasteiger partial charge in [0.15, 0.2) is 0 Å². The second-order valence-electron chi connectivity index (χ2n) is 3.15. The van der Waals surface area contributed by atoms with Crippen LogP contribution in [0.2, 0.25) is 0 Å². The van der Waals surface area contributed by atoms with Crippen molar-refractivity contribution in [2.24, 2.45) is 0 Å². The first-order valence-electron chi connectivity index (χ1n) is 4.33. The lowest BCUT2D eigenvalue weighted by molar-refractivity contribution is 0.553. The van der Waals surface area contributed by atoms with Crippen LogP contribution in [-0.2, 0) is 16.6 Å². The van der Waals surface area contributed by atoms with Crippen LogP contribution in [0.3, 0.4) is 0 Å². The molecular formula is C7H14N4O2S. The molecule has 0 bridgehead atoms. The molecule has 1 aromatic rings. The second-order valence-corrected chi connectivity index (χ2v) is 5.47. The first kappa shape index (κ1) is 11.1. The molecule has 80 valence electrons. The highest BCUT2D eigenvalue weighted by Gasteiger charge is 2.14. The maximum atomic E-state index is 11.3. The van der Waals surface area contributed by atoms with Crippen LogP contribution < -0.4 is 4.72 Å². The molecule has 0 unspecified atom stereocenters. The van der Waals surface area contributed by atoms with Gasteiger partial charge >= 0.3 is 0 Å². The number of hydrogen-bond donors (Lipinski definition) is 1. The topological polar surface area (TPSA) is 76.9 Å². The minimum Gasteiger partial charge on any atom is -0.252 e. The predicted octanol–water partition coefficient (Wildman–Crippen LogP) is -0.394. The average molecular weight is 218 g/mol. The molecule has 0 radical (unpaired) electrons. The summed E-state index contributed by atoms with van der Waals surface area (Å²) in [6.07, 6.45) is 2.96. The number of aromatic nitrogens is 3. The van der Waals surface area contributed by atoms with E-state index in [0.717, 1.165) is 0 Å². The molecule has 0 saturated heterocycles. The number of hydrogen-bond acceptors (Lipinski definition) is 4. The Bertz CT molecular complexity index is 357. The smallest absolute Gasteiger partial charge is 0.213 e. The van der Waals surface area contributed by atoms with Gasteiger partial charge in [0.2, 0.25) is 10.0 Å². The highest BCUT2D eigenvalue weighted by Crippen LogP contribution is 1.94. The molecule has 1 aromatic heterocycles. The third kappa shape index (κ3) is 3.08. The normalized spacial score (nSPS) is 12.2. The lowest BCUT2D eigenvalue weighted by Gasteiger charge is -2.08. The first-order chi connectivity index (χ1) is 6.52. The van der Waals surface area contributed by atoms with Gasteiger partial charge in [-0.25, -0.2) is 18.1 Å². The fourth-order valence-corrected chi connectivity index (χ4v) is 1.53. The minimum absolute atomic E-state index is 0.337. The molecule has 1 N–H and O–H groups in total. The van der Waals surface area contributed by atoms with Gasteiger partial charge in [-0.2, -0.15) is 5.10 Å². The summed E-state index contributed by atoms with van der Waals surface area (Å²) >= 11 is 0. The Kier molecular flexibility index (Phi) is 3.59. The Morgan fingerprint density at radius 1 is 1.50 bits per heavy atom. The molecule has 0 aliphatic carbocycles. The SMILES string of the molecule is CC(C)S(=O)(=O)NCCn1cncn1. The Balaban J connectivity index is 2.36. The molecule has 14 heavy (non-hydrogen) atoms. The molecule has 0 aliphatic heterocycles. The Morgan fingerprint density at radius 3 is 2.71 bits per heavy atom. The van der Waals surface area contributed by atoms with E-state index in [1.54, 1.807) is 24.9 Å². The Labute approximate surface area is 83.4 Å². The van der Waals surface area contributed by atoms with E-state index >= 15 is 0 Å². The van der Waals surface area contributed by atoms with Crippen molar-refractivity contribution in [1.82, 2.24) is 19.5 Å². The molecule has 0 amide bonds. The van der Waals surface area contributed by atoms with Crippen LogP contribution in [0.15, 0.2) is 12.7 Å². The molecule has 6 nitrogen and oxygen atoms in total. The van der Waals surface area contributed by atoms with Crippen LogP contribution in [-0.4, -0.2) is 35.0 Å². The van der Waals surface area contributed by atoms with Gasteiger partial charge in [-0.15, -0.1) is 0 Å². The zero-order valence-electron chi connectivity index (χ0n) is 8.21. The van der Waals surface area contributed by atoms with E-state index in [0.29, 0.717) is 13.1 Å². The summed E-state index contributed by atoms with van der Waals surface area (Å²) in [4.78, 5) is 3.75. The maximum absolute atomic E-state index is 11.3. The van der Waals surface area contributed by atoms with Crippen LogP contribution in [0.1, 0.15) is 13.8 Å². The highest BCUT2D eigenvalue weighted by atomic mass is 32.2. The fourth-order valence-electron chi connectivity index (χ4n) is 0.817. The van der Waals surface area contributed by atoms with Crippen molar-refractivity contribution in [3.05, 3.63) is 12.7 Å². The second kappa shape index (κ2) is 4.52. The van der Waals surface area contributed by atoms with Gasteiger partial charge in [-0.05, 0) is 13.8 Å². The summed E-state index contributed by atoms with van der Waals surface area (Å²) in [5.74, 6) is 0. The molecule has 7 heteroatoms. The molecule has 0 atom stereocenters. The van der Waals surface area contributed by atoms with Crippen LogP contribution in [0.4, 0.5) is 0 Å². The van der Waals surface area contributed by atoms with Gasteiger partial charge in [-0.1, -0.05) is 0 Å². The van der Waals surface area contributed by atoms with Crippen molar-refractivity contribution in [2.45, 2.75) is 25.6 Å². The number of rotatable bonds is 5. The zero-order chi connectivity index (χ0) is 10.6. The highest BCUT2D eigenvalue weighted by molar-refractivity contribution is 7.90. The standard InChI is InChI=1S/C7H14N4O2S/c1-7(2)14(12,13)10-3-4-11-6-8-5-9-11/h5-7,10H,3-4H2,1-2H3. The summed E-state index contributed by atoms with van der Waals surface area (Å²) in [6, 6.07) is 0. The molecule has 1 heterocycles. The van der Waals surface area contributed by atoms with Gasteiger partial charge in [0.05, 0.1) is 11.8 Å². The van der Waals surface area contributed by atoms with Gasteiger partial charge in [0, 0.05) is 6.54 Å². The van der Waals surface area contributed by atoms with Gasteiger partial charge in [-0.3, -0.25) is 4.68 Å². The largest absolute Gasteiger partial charge is 0.252 e. The minimum atomic E-state index is -3.16. The molecular weight excluding hydrogens is 204 g/mol. The average Bonchev–Trinajstić information content (AvgIpc) is 2.56. The van der Waals surface area contributed by atoms with Crippen molar-refractivity contribution in [3.63, 3.8) is 0 Å². The summed E-state index contributed by atoms with van der Waals surface area (Å²) in [5.41, 5.74) is 0. The lowest BCUT2D eigenvalue weighted by atomic mass is 10.6. The quantitative estimate of drug-likeness (QED) is 0.730. The Morgan fingerprint density at radius 2 is 2.21 bits per heavy atom. The molecule has 0 saturated carbocycles.